The molecule has 1 unspecified atom stereocenters. The number of nitrogens with one attached hydrogen (secondary N) is 1. The van der Waals surface area contributed by atoms with Crippen LogP contribution < -0.4 is 21.1 Å². The van der Waals surface area contributed by atoms with Gasteiger partial charge in [0, 0.05) is 26.1 Å². The Morgan fingerprint density at radius 2 is 1.00 bits per heavy atom. The number of hydrogen-bond acceptors (Lipinski definition) is 7. The van der Waals surface area contributed by atoms with Crippen LogP contribution in [0.15, 0.2) is 9.59 Å². The topological polar surface area (TPSA) is 79.0 Å². The van der Waals surface area contributed by atoms with Gasteiger partial charge < -0.3 is 19.9 Å². The van der Waals surface area contributed by atoms with Crippen molar-refractivity contribution in [1.82, 2.24) is 4.90 Å². The van der Waals surface area contributed by atoms with Crippen LogP contribution >= 0.6 is 0 Å². The third-order valence-electron chi connectivity index (χ3n) is 10.2. The van der Waals surface area contributed by atoms with E-state index in [-0.39, 0.29) is 22.9 Å². The molecule has 0 heterocycles. The molecule has 7 nitrogen and oxygen atoms in total. The first-order valence-electron chi connectivity index (χ1n) is 21.5. The minimum atomic E-state index is -0.357. The first kappa shape index (κ1) is 46.1. The number of anilines is 2. The number of unbranched alkanes of at least 4 members (excludes halogenated alkanes) is 20. The first-order valence-corrected chi connectivity index (χ1v) is 21.5. The van der Waals surface area contributed by atoms with Gasteiger partial charge in [-0.3, -0.25) is 14.4 Å². The van der Waals surface area contributed by atoms with E-state index >= 15 is 0 Å². The number of rotatable bonds is 37. The normalized spacial score (nSPS) is 12.2. The van der Waals surface area contributed by atoms with Crippen LogP contribution in [0, 0.1) is 0 Å². The molecule has 0 aromatic heterocycles. The van der Waals surface area contributed by atoms with Crippen molar-refractivity contribution in [3.8, 4) is 0 Å². The van der Waals surface area contributed by atoms with Crippen LogP contribution in [0.2, 0.25) is 0 Å². The Hall–Kier alpha value is -1.89. The zero-order valence-electron chi connectivity index (χ0n) is 33.7. The summed E-state index contributed by atoms with van der Waals surface area (Å²) >= 11 is 0. The van der Waals surface area contributed by atoms with Gasteiger partial charge in [-0.15, -0.1) is 0 Å². The van der Waals surface area contributed by atoms with E-state index in [2.05, 4.69) is 35.9 Å². The SMILES string of the molecule is CCCCCCCCCCCCN(CCCCCCCC(=O)OC(CCCCCC)CCCCCCC)c1c(NCCCN(C)C)c(=O)c1=O. The van der Waals surface area contributed by atoms with Gasteiger partial charge in [0.1, 0.15) is 17.5 Å². The molecule has 0 amide bonds. The van der Waals surface area contributed by atoms with Crippen LogP contribution in [-0.4, -0.2) is 57.2 Å². The van der Waals surface area contributed by atoms with Gasteiger partial charge in [0.25, 0.3) is 10.9 Å². The molecule has 0 saturated heterocycles. The van der Waals surface area contributed by atoms with Crippen molar-refractivity contribution >= 4 is 17.3 Å². The van der Waals surface area contributed by atoms with Gasteiger partial charge in [-0.2, -0.15) is 0 Å². The Labute approximate surface area is 308 Å². The maximum Gasteiger partial charge on any atom is 0.306 e. The summed E-state index contributed by atoms with van der Waals surface area (Å²) in [5.74, 6) is -0.0209. The van der Waals surface area contributed by atoms with Crippen molar-refractivity contribution in [2.45, 2.75) is 207 Å². The quantitative estimate of drug-likeness (QED) is 0.0420. The van der Waals surface area contributed by atoms with Crippen molar-refractivity contribution in [3.05, 3.63) is 20.4 Å². The zero-order valence-corrected chi connectivity index (χ0v) is 33.7. The molecule has 292 valence electrons. The van der Waals surface area contributed by atoms with Gasteiger partial charge >= 0.3 is 5.97 Å². The van der Waals surface area contributed by atoms with Crippen molar-refractivity contribution in [3.63, 3.8) is 0 Å². The minimum Gasteiger partial charge on any atom is -0.462 e. The second-order valence-electron chi connectivity index (χ2n) is 15.3. The molecule has 0 aliphatic rings. The number of carbonyl (C=O) groups is 1. The molecule has 1 aromatic rings. The molecule has 7 heteroatoms. The Bertz CT molecular complexity index is 1000. The van der Waals surface area contributed by atoms with E-state index in [1.54, 1.807) is 0 Å². The number of ether oxygens (including phenoxy) is 1. The lowest BCUT2D eigenvalue weighted by atomic mass is 10.0. The van der Waals surface area contributed by atoms with E-state index in [0.717, 1.165) is 90.3 Å². The molecule has 1 N–H and O–H groups in total. The number of esters is 1. The van der Waals surface area contributed by atoms with E-state index in [9.17, 15) is 14.4 Å². The first-order chi connectivity index (χ1) is 24.3. The molecule has 1 aromatic carbocycles. The maximum atomic E-state index is 12.8. The molecule has 50 heavy (non-hydrogen) atoms. The number of carbonyl (C=O) groups excluding carboxylic acids is 1. The van der Waals surface area contributed by atoms with Crippen molar-refractivity contribution in [2.75, 3.05) is 50.5 Å². The van der Waals surface area contributed by atoms with Crippen LogP contribution in [0.3, 0.4) is 0 Å². The van der Waals surface area contributed by atoms with Gasteiger partial charge in [-0.25, -0.2) is 0 Å². The predicted molar refractivity (Wildman–Crippen MR) is 217 cm³/mol. The summed E-state index contributed by atoms with van der Waals surface area (Å²) in [4.78, 5) is 42.4. The fourth-order valence-corrected chi connectivity index (χ4v) is 6.96. The lowest BCUT2D eigenvalue weighted by Gasteiger charge is -2.28. The van der Waals surface area contributed by atoms with Gasteiger partial charge in [0.15, 0.2) is 0 Å². The third-order valence-corrected chi connectivity index (χ3v) is 10.2. The summed E-state index contributed by atoms with van der Waals surface area (Å²) < 4.78 is 5.99. The number of hydrogen-bond donors (Lipinski definition) is 1. The Morgan fingerprint density at radius 1 is 0.560 bits per heavy atom. The fraction of sp³-hybridized carbons (Fsp3) is 0.884. The second kappa shape index (κ2) is 31.8. The molecule has 0 aliphatic carbocycles. The summed E-state index contributed by atoms with van der Waals surface area (Å²) in [5.41, 5.74) is 0.469. The third kappa shape index (κ3) is 22.8. The van der Waals surface area contributed by atoms with Crippen LogP contribution in [0.5, 0.6) is 0 Å². The van der Waals surface area contributed by atoms with Crippen molar-refractivity contribution in [2.24, 2.45) is 0 Å². The van der Waals surface area contributed by atoms with Crippen LogP contribution in [-0.2, 0) is 9.53 Å². The second-order valence-corrected chi connectivity index (χ2v) is 15.3. The van der Waals surface area contributed by atoms with Crippen molar-refractivity contribution in [1.29, 1.82) is 0 Å². The highest BCUT2D eigenvalue weighted by Gasteiger charge is 2.25. The largest absolute Gasteiger partial charge is 0.462 e. The standard InChI is InChI=1S/C43H81N3O4/c1-6-9-12-15-16-17-18-19-23-28-36-46(41-40(42(48)43(41)49)44-34-30-35-45(4)5)37-29-24-20-22-27-33-39(47)50-38(31-25-14-11-8-3)32-26-21-13-10-7-2/h38,44H,6-37H2,1-5H3. The molecule has 1 atom stereocenters. The lowest BCUT2D eigenvalue weighted by molar-refractivity contribution is -0.150. The molecular formula is C43H81N3O4. The summed E-state index contributed by atoms with van der Waals surface area (Å²) in [5, 5.41) is 3.30. The zero-order chi connectivity index (χ0) is 36.7. The number of nitrogens with zero attached hydrogens (tertiary/aromatic N) is 2. The molecule has 0 saturated carbocycles. The molecule has 0 aliphatic heterocycles. The fourth-order valence-electron chi connectivity index (χ4n) is 6.96. The average Bonchev–Trinajstić information content (AvgIpc) is 3.10. The molecule has 0 fully saturated rings. The van der Waals surface area contributed by atoms with E-state index in [4.69, 9.17) is 4.74 Å². The summed E-state index contributed by atoms with van der Waals surface area (Å²) in [6.45, 7) is 10.0. The molecule has 0 bridgehead atoms. The summed E-state index contributed by atoms with van der Waals surface area (Å²) in [6.07, 6.45) is 32.4. The van der Waals surface area contributed by atoms with Gasteiger partial charge in [-0.1, -0.05) is 143 Å². The Balaban J connectivity index is 2.50. The predicted octanol–water partition coefficient (Wildman–Crippen LogP) is 11.0. The van der Waals surface area contributed by atoms with Crippen LogP contribution in [0.1, 0.15) is 201 Å². The van der Waals surface area contributed by atoms with E-state index in [0.29, 0.717) is 24.3 Å². The Kier molecular flexibility index (Phi) is 29.4. The highest BCUT2D eigenvalue weighted by molar-refractivity contribution is 5.75. The minimum absolute atomic E-state index is 0.0209. The lowest BCUT2D eigenvalue weighted by Crippen LogP contribution is -2.43. The van der Waals surface area contributed by atoms with Crippen LogP contribution in [0.4, 0.5) is 11.4 Å². The van der Waals surface area contributed by atoms with Crippen molar-refractivity contribution < 1.29 is 9.53 Å². The average molecular weight is 704 g/mol. The molecular weight excluding hydrogens is 622 g/mol. The summed E-state index contributed by atoms with van der Waals surface area (Å²) in [7, 11) is 4.09. The van der Waals surface area contributed by atoms with Crippen LogP contribution in [0.25, 0.3) is 0 Å². The van der Waals surface area contributed by atoms with E-state index in [1.807, 2.05) is 14.1 Å². The smallest absolute Gasteiger partial charge is 0.306 e. The molecule has 1 rings (SSSR count). The molecule has 0 spiro atoms. The Morgan fingerprint density at radius 3 is 1.50 bits per heavy atom. The molecule has 0 radical (unpaired) electrons. The van der Waals surface area contributed by atoms with Gasteiger partial charge in [0.05, 0.1) is 0 Å². The van der Waals surface area contributed by atoms with E-state index in [1.165, 1.54) is 103 Å². The van der Waals surface area contributed by atoms with Gasteiger partial charge in [0.2, 0.25) is 0 Å². The highest BCUT2D eigenvalue weighted by atomic mass is 16.5. The highest BCUT2D eigenvalue weighted by Crippen LogP contribution is 2.23. The monoisotopic (exact) mass is 704 g/mol. The summed E-state index contributed by atoms with van der Waals surface area (Å²) in [6, 6.07) is 0. The van der Waals surface area contributed by atoms with Gasteiger partial charge in [-0.05, 0) is 72.0 Å². The van der Waals surface area contributed by atoms with E-state index < -0.39 is 0 Å². The maximum absolute atomic E-state index is 12.8.